The molecular formula is C19H26N2O3S. The number of hydrogen-bond donors (Lipinski definition) is 0. The fourth-order valence-corrected chi connectivity index (χ4v) is 5.65. The third-order valence-electron chi connectivity index (χ3n) is 5.40. The third kappa shape index (κ3) is 3.37. The molecule has 136 valence electrons. The van der Waals surface area contributed by atoms with Crippen molar-refractivity contribution >= 4 is 15.9 Å². The minimum Gasteiger partial charge on any atom is -0.332 e. The fraction of sp³-hybridized carbons (Fsp3) is 0.526. The first-order valence-corrected chi connectivity index (χ1v) is 10.3. The Kier molecular flexibility index (Phi) is 5.02. The summed E-state index contributed by atoms with van der Waals surface area (Å²) in [6.45, 7) is 7.07. The van der Waals surface area contributed by atoms with E-state index in [1.807, 2.05) is 24.0 Å². The summed E-state index contributed by atoms with van der Waals surface area (Å²) in [6, 6.07) is 6.97. The van der Waals surface area contributed by atoms with E-state index < -0.39 is 10.0 Å². The quantitative estimate of drug-likeness (QED) is 0.774. The van der Waals surface area contributed by atoms with Crippen molar-refractivity contribution in [2.24, 2.45) is 0 Å². The number of nitrogens with zero attached hydrogens (tertiary/aromatic N) is 2. The zero-order valence-corrected chi connectivity index (χ0v) is 15.6. The summed E-state index contributed by atoms with van der Waals surface area (Å²) in [5, 5.41) is 0. The smallest absolute Gasteiger partial charge is 0.243 e. The fourth-order valence-electron chi connectivity index (χ4n) is 4.09. The number of hydrogen-bond acceptors (Lipinski definition) is 3. The number of carbonyl (C=O) groups is 1. The summed E-state index contributed by atoms with van der Waals surface area (Å²) in [6.07, 6.45) is 5.58. The first-order chi connectivity index (χ1) is 11.9. The summed E-state index contributed by atoms with van der Waals surface area (Å²) in [5.74, 6) is 0.112. The van der Waals surface area contributed by atoms with Gasteiger partial charge >= 0.3 is 0 Å². The number of sulfonamides is 1. The second-order valence-electron chi connectivity index (χ2n) is 7.13. The number of carbonyl (C=O) groups excluding carboxylic acids is 1. The van der Waals surface area contributed by atoms with Crippen LogP contribution in [-0.4, -0.2) is 48.7 Å². The van der Waals surface area contributed by atoms with Gasteiger partial charge in [-0.2, -0.15) is 4.31 Å². The van der Waals surface area contributed by atoms with E-state index in [4.69, 9.17) is 0 Å². The van der Waals surface area contributed by atoms with Gasteiger partial charge in [-0.1, -0.05) is 23.8 Å². The standard InChI is InChI=1S/C19H26N2O3S/c1-3-13-21-18(22)6-4-11-19(21)12-5-14-20(15-19)25(23,24)17-9-7-16(2)8-10-17/h3,7-10H,1,4-6,11-15H2,2H3. The predicted octanol–water partition coefficient (Wildman–Crippen LogP) is 2.72. The molecule has 1 spiro atoms. The van der Waals surface area contributed by atoms with E-state index >= 15 is 0 Å². The molecule has 0 radical (unpaired) electrons. The Bertz CT molecular complexity index is 753. The molecule has 2 aliphatic rings. The molecule has 1 atom stereocenters. The lowest BCUT2D eigenvalue weighted by molar-refractivity contribution is -0.143. The molecule has 2 fully saturated rings. The van der Waals surface area contributed by atoms with Gasteiger partial charge in [-0.15, -0.1) is 6.58 Å². The van der Waals surface area contributed by atoms with Crippen molar-refractivity contribution in [1.82, 2.24) is 9.21 Å². The van der Waals surface area contributed by atoms with Gasteiger partial charge in [0.2, 0.25) is 15.9 Å². The molecule has 2 aliphatic heterocycles. The van der Waals surface area contributed by atoms with Crippen molar-refractivity contribution in [1.29, 1.82) is 0 Å². The van der Waals surface area contributed by atoms with Crippen molar-refractivity contribution in [3.63, 3.8) is 0 Å². The molecule has 2 saturated heterocycles. The van der Waals surface area contributed by atoms with E-state index in [1.165, 1.54) is 0 Å². The Labute approximate surface area is 150 Å². The van der Waals surface area contributed by atoms with Crippen molar-refractivity contribution < 1.29 is 13.2 Å². The monoisotopic (exact) mass is 362 g/mol. The van der Waals surface area contributed by atoms with Crippen LogP contribution in [-0.2, 0) is 14.8 Å². The van der Waals surface area contributed by atoms with Gasteiger partial charge in [-0.05, 0) is 44.7 Å². The Hall–Kier alpha value is -1.66. The van der Waals surface area contributed by atoms with Crippen molar-refractivity contribution in [2.45, 2.75) is 49.5 Å². The highest BCUT2D eigenvalue weighted by Gasteiger charge is 2.47. The normalized spacial score (nSPS) is 25.3. The maximum absolute atomic E-state index is 13.1. The molecule has 0 bridgehead atoms. The summed E-state index contributed by atoms with van der Waals surface area (Å²) in [4.78, 5) is 14.6. The van der Waals surface area contributed by atoms with Gasteiger partial charge in [-0.3, -0.25) is 4.79 Å². The molecule has 1 aromatic carbocycles. The minimum absolute atomic E-state index is 0.112. The predicted molar refractivity (Wildman–Crippen MR) is 97.7 cm³/mol. The second kappa shape index (κ2) is 6.92. The van der Waals surface area contributed by atoms with Gasteiger partial charge in [0.05, 0.1) is 10.4 Å². The lowest BCUT2D eigenvalue weighted by Crippen LogP contribution is -2.63. The van der Waals surface area contributed by atoms with E-state index in [9.17, 15) is 13.2 Å². The van der Waals surface area contributed by atoms with Crippen molar-refractivity contribution in [3.05, 3.63) is 42.5 Å². The molecule has 1 amide bonds. The third-order valence-corrected chi connectivity index (χ3v) is 7.26. The van der Waals surface area contributed by atoms with Gasteiger partial charge in [0.15, 0.2) is 0 Å². The van der Waals surface area contributed by atoms with E-state index in [0.717, 1.165) is 31.2 Å². The zero-order valence-electron chi connectivity index (χ0n) is 14.8. The zero-order chi connectivity index (χ0) is 18.1. The topological polar surface area (TPSA) is 57.7 Å². The van der Waals surface area contributed by atoms with Crippen molar-refractivity contribution in [3.8, 4) is 0 Å². The molecular weight excluding hydrogens is 336 g/mol. The number of piperidine rings is 2. The highest BCUT2D eigenvalue weighted by atomic mass is 32.2. The summed E-state index contributed by atoms with van der Waals surface area (Å²) < 4.78 is 27.7. The molecule has 3 rings (SSSR count). The molecule has 25 heavy (non-hydrogen) atoms. The first kappa shape index (κ1) is 18.1. The van der Waals surface area contributed by atoms with E-state index in [-0.39, 0.29) is 11.4 Å². The highest BCUT2D eigenvalue weighted by Crippen LogP contribution is 2.38. The second-order valence-corrected chi connectivity index (χ2v) is 9.06. The molecule has 0 N–H and O–H groups in total. The number of benzene rings is 1. The van der Waals surface area contributed by atoms with Crippen LogP contribution in [0.3, 0.4) is 0 Å². The summed E-state index contributed by atoms with van der Waals surface area (Å²) in [5.41, 5.74) is 0.642. The Morgan fingerprint density at radius 3 is 2.56 bits per heavy atom. The molecule has 0 aliphatic carbocycles. The number of amides is 1. The van der Waals surface area contributed by atoms with Gasteiger partial charge in [0.25, 0.3) is 0 Å². The van der Waals surface area contributed by atoms with Gasteiger partial charge in [-0.25, -0.2) is 8.42 Å². The SMILES string of the molecule is C=CCN1C(=O)CCCC12CCCN(S(=O)(=O)c1ccc(C)cc1)C2. The Morgan fingerprint density at radius 2 is 1.88 bits per heavy atom. The maximum atomic E-state index is 13.1. The first-order valence-electron chi connectivity index (χ1n) is 8.87. The van der Waals surface area contributed by atoms with Gasteiger partial charge in [0.1, 0.15) is 0 Å². The largest absolute Gasteiger partial charge is 0.332 e. The van der Waals surface area contributed by atoms with Crippen LogP contribution in [0.2, 0.25) is 0 Å². The number of aryl methyl sites for hydroxylation is 1. The maximum Gasteiger partial charge on any atom is 0.243 e. The van der Waals surface area contributed by atoms with Crippen LogP contribution in [0, 0.1) is 6.92 Å². The van der Waals surface area contributed by atoms with Crippen LogP contribution in [0.25, 0.3) is 0 Å². The number of rotatable bonds is 4. The van der Waals surface area contributed by atoms with Gasteiger partial charge < -0.3 is 4.90 Å². The molecule has 1 unspecified atom stereocenters. The van der Waals surface area contributed by atoms with Crippen LogP contribution in [0.4, 0.5) is 0 Å². The lowest BCUT2D eigenvalue weighted by Gasteiger charge is -2.51. The van der Waals surface area contributed by atoms with Gasteiger partial charge in [0, 0.05) is 26.1 Å². The number of likely N-dealkylation sites (tertiary alicyclic amines) is 1. The Morgan fingerprint density at radius 1 is 1.20 bits per heavy atom. The van der Waals surface area contributed by atoms with E-state index in [1.54, 1.807) is 22.5 Å². The molecule has 0 aromatic heterocycles. The highest BCUT2D eigenvalue weighted by molar-refractivity contribution is 7.89. The van der Waals surface area contributed by atoms with E-state index in [0.29, 0.717) is 31.0 Å². The molecule has 2 heterocycles. The van der Waals surface area contributed by atoms with Crippen LogP contribution in [0.1, 0.15) is 37.7 Å². The molecule has 5 nitrogen and oxygen atoms in total. The molecule has 0 saturated carbocycles. The lowest BCUT2D eigenvalue weighted by atomic mass is 9.80. The average molecular weight is 362 g/mol. The Balaban J connectivity index is 1.90. The van der Waals surface area contributed by atoms with Crippen LogP contribution >= 0.6 is 0 Å². The van der Waals surface area contributed by atoms with Crippen molar-refractivity contribution in [2.75, 3.05) is 19.6 Å². The van der Waals surface area contributed by atoms with Crippen LogP contribution < -0.4 is 0 Å². The summed E-state index contributed by atoms with van der Waals surface area (Å²) >= 11 is 0. The average Bonchev–Trinajstić information content (AvgIpc) is 2.59. The summed E-state index contributed by atoms with van der Waals surface area (Å²) in [7, 11) is -3.54. The molecule has 1 aromatic rings. The van der Waals surface area contributed by atoms with E-state index in [2.05, 4.69) is 6.58 Å². The van der Waals surface area contributed by atoms with Crippen LogP contribution in [0.15, 0.2) is 41.8 Å². The minimum atomic E-state index is -3.54. The molecule has 6 heteroatoms. The van der Waals surface area contributed by atoms with Crippen LogP contribution in [0.5, 0.6) is 0 Å².